The van der Waals surface area contributed by atoms with Crippen molar-refractivity contribution in [3.05, 3.63) is 43.8 Å². The summed E-state index contributed by atoms with van der Waals surface area (Å²) in [4.78, 5) is 48.1. The minimum absolute atomic E-state index is 0.0266. The predicted molar refractivity (Wildman–Crippen MR) is 149 cm³/mol. The third-order valence-electron chi connectivity index (χ3n) is 7.52. The molecule has 0 atom stereocenters. The van der Waals surface area contributed by atoms with Crippen LogP contribution in [0.2, 0.25) is 0 Å². The first kappa shape index (κ1) is 28.6. The van der Waals surface area contributed by atoms with Gasteiger partial charge in [0, 0.05) is 43.8 Å². The highest BCUT2D eigenvalue weighted by atomic mass is 32.1. The molecule has 0 spiro atoms. The number of Topliss-reactive ketones (excluding diaryl/α,β-unsaturated/α-hetero) is 4. The van der Waals surface area contributed by atoms with Gasteiger partial charge in [-0.25, -0.2) is 0 Å². The second-order valence-corrected chi connectivity index (χ2v) is 11.7. The van der Waals surface area contributed by atoms with Crippen molar-refractivity contribution in [1.29, 1.82) is 0 Å². The number of rotatable bonds is 14. The van der Waals surface area contributed by atoms with Gasteiger partial charge in [-0.3, -0.25) is 19.2 Å². The third-order valence-corrected chi connectivity index (χ3v) is 9.01. The number of ketones is 4. The molecule has 2 heterocycles. The van der Waals surface area contributed by atoms with Gasteiger partial charge in [0.25, 0.3) is 0 Å². The van der Waals surface area contributed by atoms with Crippen LogP contribution in [-0.2, 0) is 0 Å². The molecular weight excluding hydrogens is 488 g/mol. The van der Waals surface area contributed by atoms with Gasteiger partial charge in [0.05, 0.1) is 11.8 Å². The van der Waals surface area contributed by atoms with Gasteiger partial charge in [0.15, 0.2) is 23.1 Å². The Kier molecular flexibility index (Phi) is 11.2. The molecule has 0 N–H and O–H groups in total. The van der Waals surface area contributed by atoms with Gasteiger partial charge < -0.3 is 0 Å². The Bertz CT molecular complexity index is 968. The van der Waals surface area contributed by atoms with E-state index >= 15 is 0 Å². The summed E-state index contributed by atoms with van der Waals surface area (Å²) in [6.07, 6.45) is 16.0. The lowest BCUT2D eigenvalue weighted by molar-refractivity contribution is 0.0655. The summed E-state index contributed by atoms with van der Waals surface area (Å²) in [6, 6.07) is 0. The van der Waals surface area contributed by atoms with Crippen LogP contribution in [0.15, 0.2) is 21.5 Å². The smallest absolute Gasteiger partial charge is 0.178 e. The lowest BCUT2D eigenvalue weighted by Crippen LogP contribution is -2.33. The van der Waals surface area contributed by atoms with Crippen LogP contribution in [0.4, 0.5) is 0 Å². The average molecular weight is 529 g/mol. The number of hydrogen-bond acceptors (Lipinski definition) is 6. The van der Waals surface area contributed by atoms with Gasteiger partial charge in [0.1, 0.15) is 0 Å². The van der Waals surface area contributed by atoms with Crippen LogP contribution in [0.1, 0.15) is 152 Å². The van der Waals surface area contributed by atoms with Crippen LogP contribution in [0, 0.1) is 5.41 Å². The third kappa shape index (κ3) is 6.69. The first-order valence-electron chi connectivity index (χ1n) is 13.7. The summed E-state index contributed by atoms with van der Waals surface area (Å²) in [7, 11) is 0. The van der Waals surface area contributed by atoms with E-state index in [1.54, 1.807) is 10.8 Å². The monoisotopic (exact) mass is 528 g/mol. The van der Waals surface area contributed by atoms with Crippen LogP contribution in [0.5, 0.6) is 0 Å². The molecule has 0 aliphatic heterocycles. The lowest BCUT2D eigenvalue weighted by Gasteiger charge is -2.26. The second-order valence-electron chi connectivity index (χ2n) is 10.2. The molecule has 4 rings (SSSR count). The highest BCUT2D eigenvalue weighted by molar-refractivity contribution is 7.09. The molecule has 0 amide bonds. The van der Waals surface area contributed by atoms with E-state index in [2.05, 4.69) is 13.8 Å². The highest BCUT2D eigenvalue weighted by Gasteiger charge is 2.52. The Balaban J connectivity index is 0.000000297. The fraction of sp³-hybridized carbons (Fsp3) is 0.600. The first-order valence-corrected chi connectivity index (χ1v) is 15.6. The maximum atomic E-state index is 13.1. The number of carbonyl (C=O) groups excluding carboxylic acids is 4. The first-order chi connectivity index (χ1) is 17.5. The predicted octanol–water partition coefficient (Wildman–Crippen LogP) is 9.13. The van der Waals surface area contributed by atoms with Gasteiger partial charge in [-0.1, -0.05) is 90.9 Å². The zero-order chi connectivity index (χ0) is 26.0. The molecular formula is C30H40O4S2. The van der Waals surface area contributed by atoms with E-state index in [0.29, 0.717) is 22.3 Å². The molecule has 0 unspecified atom stereocenters. The largest absolute Gasteiger partial charge is 0.294 e. The summed E-state index contributed by atoms with van der Waals surface area (Å²) in [5, 5.41) is 7.25. The zero-order valence-corrected chi connectivity index (χ0v) is 23.5. The van der Waals surface area contributed by atoms with E-state index < -0.39 is 5.41 Å². The lowest BCUT2D eigenvalue weighted by atomic mass is 9.74. The van der Waals surface area contributed by atoms with E-state index in [-0.39, 0.29) is 29.6 Å². The van der Waals surface area contributed by atoms with Gasteiger partial charge in [0.2, 0.25) is 0 Å². The summed E-state index contributed by atoms with van der Waals surface area (Å²) in [6.45, 7) is 4.45. The fourth-order valence-corrected chi connectivity index (χ4v) is 6.99. The molecule has 0 aromatic carbocycles. The van der Waals surface area contributed by atoms with Crippen molar-refractivity contribution >= 4 is 45.8 Å². The molecule has 0 bridgehead atoms. The molecule has 2 aliphatic carbocycles. The molecule has 0 saturated heterocycles. The highest BCUT2D eigenvalue weighted by Crippen LogP contribution is 2.46. The molecule has 0 fully saturated rings. The Morgan fingerprint density at radius 3 is 1.33 bits per heavy atom. The van der Waals surface area contributed by atoms with Gasteiger partial charge in [-0.2, -0.15) is 22.7 Å². The van der Waals surface area contributed by atoms with Crippen LogP contribution in [0.3, 0.4) is 0 Å². The van der Waals surface area contributed by atoms with E-state index in [4.69, 9.17) is 0 Å². The van der Waals surface area contributed by atoms with Crippen LogP contribution >= 0.6 is 22.7 Å². The topological polar surface area (TPSA) is 68.3 Å². The fourth-order valence-electron chi connectivity index (χ4n) is 5.33. The summed E-state index contributed by atoms with van der Waals surface area (Å²) >= 11 is 2.89. The van der Waals surface area contributed by atoms with Crippen molar-refractivity contribution in [3.8, 4) is 0 Å². The molecule has 0 radical (unpaired) electrons. The number of fused-ring (bicyclic) bond motifs is 2. The SMILES string of the molecule is CCCCCCCCC1(CCCCCCCC)C(=O)c2cscc2C1=O.O=C1CC(=O)c2cscc21. The average Bonchev–Trinajstić information content (AvgIpc) is 3.63. The van der Waals surface area contributed by atoms with Crippen LogP contribution in [0.25, 0.3) is 0 Å². The molecule has 36 heavy (non-hydrogen) atoms. The standard InChI is InChI=1S/C23H36O2S.C7H4O2S/c1-3-5-7-9-11-13-15-23(16-14-12-10-8-6-4-2)21(24)19-17-26-18-20(19)22(23)25;8-6-1-7(9)5-3-10-2-4(5)6/h17-18H,3-16H2,1-2H3;2-3H,1H2. The Labute approximate surface area is 223 Å². The number of hydrogen-bond donors (Lipinski definition) is 0. The van der Waals surface area contributed by atoms with Crippen molar-refractivity contribution in [1.82, 2.24) is 0 Å². The quantitative estimate of drug-likeness (QED) is 0.181. The van der Waals surface area contributed by atoms with E-state index in [0.717, 1.165) is 38.5 Å². The minimum atomic E-state index is -0.728. The van der Waals surface area contributed by atoms with Crippen molar-refractivity contribution in [2.75, 3.05) is 0 Å². The molecule has 0 saturated carbocycles. The summed E-state index contributed by atoms with van der Waals surface area (Å²) in [5.41, 5.74) is 1.92. The van der Waals surface area contributed by atoms with Crippen LogP contribution in [-0.4, -0.2) is 23.1 Å². The Hall–Kier alpha value is -1.92. The zero-order valence-electron chi connectivity index (χ0n) is 21.9. The van der Waals surface area contributed by atoms with Crippen LogP contribution < -0.4 is 0 Å². The summed E-state index contributed by atoms with van der Waals surface area (Å²) in [5.74, 6) is 0.198. The molecule has 196 valence electrons. The Morgan fingerprint density at radius 1 is 0.556 bits per heavy atom. The minimum Gasteiger partial charge on any atom is -0.294 e. The molecule has 2 aromatic rings. The van der Waals surface area contributed by atoms with Crippen molar-refractivity contribution < 1.29 is 19.2 Å². The van der Waals surface area contributed by atoms with Crippen molar-refractivity contribution in [2.45, 2.75) is 110 Å². The van der Waals surface area contributed by atoms with Gasteiger partial charge >= 0.3 is 0 Å². The molecule has 4 nitrogen and oxygen atoms in total. The molecule has 6 heteroatoms. The van der Waals surface area contributed by atoms with E-state index in [1.807, 2.05) is 10.8 Å². The van der Waals surface area contributed by atoms with E-state index in [1.165, 1.54) is 74.0 Å². The van der Waals surface area contributed by atoms with Gasteiger partial charge in [-0.05, 0) is 12.8 Å². The van der Waals surface area contributed by atoms with Crippen molar-refractivity contribution in [2.24, 2.45) is 5.41 Å². The normalized spacial score (nSPS) is 15.7. The number of carbonyl (C=O) groups is 4. The maximum absolute atomic E-state index is 13.1. The molecule has 2 aromatic heterocycles. The maximum Gasteiger partial charge on any atom is 0.178 e. The number of unbranched alkanes of at least 4 members (excludes halogenated alkanes) is 10. The summed E-state index contributed by atoms with van der Waals surface area (Å²) < 4.78 is 0. The number of thiophene rings is 2. The van der Waals surface area contributed by atoms with Gasteiger partial charge in [-0.15, -0.1) is 0 Å². The molecule has 2 aliphatic rings. The second kappa shape index (κ2) is 14.1. The van der Waals surface area contributed by atoms with Crippen molar-refractivity contribution in [3.63, 3.8) is 0 Å². The van der Waals surface area contributed by atoms with E-state index in [9.17, 15) is 19.2 Å². The Morgan fingerprint density at radius 2 is 0.917 bits per heavy atom.